The minimum atomic E-state index is -0.0167. The summed E-state index contributed by atoms with van der Waals surface area (Å²) >= 11 is 0. The van der Waals surface area contributed by atoms with Gasteiger partial charge in [-0.15, -0.1) is 0 Å². The lowest BCUT2D eigenvalue weighted by Gasteiger charge is -2.39. The zero-order chi connectivity index (χ0) is 19.1. The normalized spacial score (nSPS) is 22.0. The summed E-state index contributed by atoms with van der Waals surface area (Å²) in [4.78, 5) is 31.1. The van der Waals surface area contributed by atoms with Crippen LogP contribution >= 0.6 is 0 Å². The number of nitrogens with zero attached hydrogens (tertiary/aromatic N) is 1. The molecule has 2 heterocycles. The van der Waals surface area contributed by atoms with Crippen LogP contribution in [0.5, 0.6) is 0 Å². The zero-order valence-corrected chi connectivity index (χ0v) is 16.4. The van der Waals surface area contributed by atoms with Crippen molar-refractivity contribution in [2.24, 2.45) is 11.3 Å². The summed E-state index contributed by atoms with van der Waals surface area (Å²) in [6.45, 7) is 2.43. The van der Waals surface area contributed by atoms with Crippen molar-refractivity contribution >= 4 is 28.3 Å². The topological polar surface area (TPSA) is 65.2 Å². The Morgan fingerprint density at radius 1 is 1.07 bits per heavy atom. The van der Waals surface area contributed by atoms with Gasteiger partial charge in [0.1, 0.15) is 5.69 Å². The Morgan fingerprint density at radius 2 is 1.79 bits per heavy atom. The van der Waals surface area contributed by atoms with Crippen molar-refractivity contribution in [1.82, 2.24) is 9.88 Å². The summed E-state index contributed by atoms with van der Waals surface area (Å²) in [6.07, 6.45) is 9.84. The predicted molar refractivity (Wildman–Crippen MR) is 111 cm³/mol. The molecule has 28 heavy (non-hydrogen) atoms. The molecule has 0 unspecified atom stereocenters. The lowest BCUT2D eigenvalue weighted by Crippen LogP contribution is -2.42. The number of carbonyl (C=O) groups excluding carboxylic acids is 2. The number of H-pyrrole nitrogens is 1. The van der Waals surface area contributed by atoms with Gasteiger partial charge in [0.2, 0.25) is 5.91 Å². The average Bonchev–Trinajstić information content (AvgIpc) is 3.37. The molecule has 2 aliphatic carbocycles. The van der Waals surface area contributed by atoms with Gasteiger partial charge in [0, 0.05) is 16.8 Å². The summed E-state index contributed by atoms with van der Waals surface area (Å²) in [5.74, 6) is 0.234. The molecule has 1 amide bonds. The number of piperidine rings is 1. The molecule has 1 aliphatic heterocycles. The van der Waals surface area contributed by atoms with Gasteiger partial charge in [0.05, 0.1) is 12.2 Å². The van der Waals surface area contributed by atoms with E-state index in [1.165, 1.54) is 38.5 Å². The molecule has 1 aromatic heterocycles. The molecule has 148 valence electrons. The zero-order valence-electron chi connectivity index (χ0n) is 16.4. The summed E-state index contributed by atoms with van der Waals surface area (Å²) < 4.78 is 0. The molecule has 2 saturated carbocycles. The minimum Gasteiger partial charge on any atom is -0.350 e. The highest BCUT2D eigenvalue weighted by atomic mass is 16.2. The molecular formula is C23H29N3O2. The number of rotatable bonds is 5. The van der Waals surface area contributed by atoms with Gasteiger partial charge in [-0.1, -0.05) is 31.0 Å². The van der Waals surface area contributed by atoms with Crippen LogP contribution in [0.1, 0.15) is 61.9 Å². The lowest BCUT2D eigenvalue weighted by molar-refractivity contribution is -0.117. The number of anilines is 1. The van der Waals surface area contributed by atoms with E-state index in [9.17, 15) is 9.59 Å². The summed E-state index contributed by atoms with van der Waals surface area (Å²) in [6, 6.07) is 7.82. The fraction of sp³-hybridized carbons (Fsp3) is 0.565. The number of hydrogen-bond donors (Lipinski definition) is 2. The van der Waals surface area contributed by atoms with Crippen LogP contribution in [0.4, 0.5) is 5.69 Å². The summed E-state index contributed by atoms with van der Waals surface area (Å²) in [5.41, 5.74) is 2.71. The van der Waals surface area contributed by atoms with Crippen molar-refractivity contribution in [2.45, 2.75) is 51.4 Å². The molecule has 2 aromatic rings. The standard InChI is InChI=1S/C23H29N3O2/c27-19(15-26-13-11-23(12-14-26)9-3-4-10-23)25-20-17-5-1-2-6-18(17)24-21(20)22(28)16-7-8-16/h1-2,5-6,16,24H,3-4,7-15H2,(H,25,27). The van der Waals surface area contributed by atoms with E-state index in [0.717, 1.165) is 36.8 Å². The number of benzene rings is 1. The van der Waals surface area contributed by atoms with Crippen molar-refractivity contribution in [3.8, 4) is 0 Å². The van der Waals surface area contributed by atoms with Gasteiger partial charge in [-0.05, 0) is 63.1 Å². The van der Waals surface area contributed by atoms with Crippen molar-refractivity contribution < 1.29 is 9.59 Å². The Morgan fingerprint density at radius 3 is 2.50 bits per heavy atom. The fourth-order valence-corrected chi connectivity index (χ4v) is 5.20. The van der Waals surface area contributed by atoms with E-state index in [1.807, 2.05) is 24.3 Å². The van der Waals surface area contributed by atoms with Crippen molar-refractivity contribution in [2.75, 3.05) is 25.0 Å². The maximum Gasteiger partial charge on any atom is 0.238 e. The number of nitrogens with one attached hydrogen (secondary N) is 2. The summed E-state index contributed by atoms with van der Waals surface area (Å²) in [5, 5.41) is 3.99. The molecule has 5 heteroatoms. The van der Waals surface area contributed by atoms with Crippen LogP contribution in [0.15, 0.2) is 24.3 Å². The molecular weight excluding hydrogens is 350 g/mol. The smallest absolute Gasteiger partial charge is 0.238 e. The molecule has 3 fully saturated rings. The molecule has 3 aliphatic rings. The Labute approximate surface area is 165 Å². The van der Waals surface area contributed by atoms with Crippen molar-refractivity contribution in [3.63, 3.8) is 0 Å². The number of amides is 1. The third-order valence-corrected chi connectivity index (χ3v) is 7.11. The SMILES string of the molecule is O=C(CN1CCC2(CCCC2)CC1)Nc1c(C(=O)C2CC2)[nH]c2ccccc12. The van der Waals surface area contributed by atoms with Gasteiger partial charge in [0.25, 0.3) is 0 Å². The first-order valence-electron chi connectivity index (χ1n) is 10.8. The van der Waals surface area contributed by atoms with Gasteiger partial charge in [0.15, 0.2) is 5.78 Å². The Kier molecular flexibility index (Phi) is 4.50. The number of aromatic nitrogens is 1. The monoisotopic (exact) mass is 379 g/mol. The van der Waals surface area contributed by atoms with Crippen molar-refractivity contribution in [1.29, 1.82) is 0 Å². The highest BCUT2D eigenvalue weighted by Gasteiger charge is 2.37. The second-order valence-electron chi connectivity index (χ2n) is 9.09. The van der Waals surface area contributed by atoms with Crippen LogP contribution in [-0.4, -0.2) is 41.2 Å². The molecule has 1 saturated heterocycles. The average molecular weight is 380 g/mol. The molecule has 2 N–H and O–H groups in total. The summed E-state index contributed by atoms with van der Waals surface area (Å²) in [7, 11) is 0. The number of para-hydroxylation sites is 1. The number of fused-ring (bicyclic) bond motifs is 1. The molecule has 1 aromatic carbocycles. The van der Waals surface area contributed by atoms with E-state index in [1.54, 1.807) is 0 Å². The second kappa shape index (κ2) is 7.03. The van der Waals surface area contributed by atoms with Crippen LogP contribution < -0.4 is 5.32 Å². The largest absolute Gasteiger partial charge is 0.350 e. The number of aromatic amines is 1. The van der Waals surface area contributed by atoms with E-state index >= 15 is 0 Å². The number of ketones is 1. The highest BCUT2D eigenvalue weighted by Crippen LogP contribution is 2.46. The lowest BCUT2D eigenvalue weighted by atomic mass is 9.77. The molecule has 5 nitrogen and oxygen atoms in total. The molecule has 0 bridgehead atoms. The van der Waals surface area contributed by atoms with Crippen molar-refractivity contribution in [3.05, 3.63) is 30.0 Å². The van der Waals surface area contributed by atoms with E-state index in [0.29, 0.717) is 23.3 Å². The van der Waals surface area contributed by atoms with Gasteiger partial charge >= 0.3 is 0 Å². The van der Waals surface area contributed by atoms with Gasteiger partial charge in [-0.25, -0.2) is 0 Å². The number of hydrogen-bond acceptors (Lipinski definition) is 3. The van der Waals surface area contributed by atoms with Crippen LogP contribution in [0.25, 0.3) is 10.9 Å². The van der Waals surface area contributed by atoms with Crippen LogP contribution in [0, 0.1) is 11.3 Å². The minimum absolute atomic E-state index is 0.0167. The number of Topliss-reactive ketones (excluding diaryl/α,β-unsaturated/α-hetero) is 1. The van der Waals surface area contributed by atoms with E-state index < -0.39 is 0 Å². The number of likely N-dealkylation sites (tertiary alicyclic amines) is 1. The van der Waals surface area contributed by atoms with Gasteiger partial charge < -0.3 is 10.3 Å². The molecule has 5 rings (SSSR count). The highest BCUT2D eigenvalue weighted by molar-refractivity contribution is 6.14. The maximum absolute atomic E-state index is 12.8. The first kappa shape index (κ1) is 17.9. The van der Waals surface area contributed by atoms with Gasteiger partial charge in [-0.2, -0.15) is 0 Å². The van der Waals surface area contributed by atoms with E-state index in [-0.39, 0.29) is 17.6 Å². The molecule has 1 spiro atoms. The molecule has 0 radical (unpaired) electrons. The van der Waals surface area contributed by atoms with Crippen LogP contribution in [0.3, 0.4) is 0 Å². The third-order valence-electron chi connectivity index (χ3n) is 7.11. The maximum atomic E-state index is 12.8. The van der Waals surface area contributed by atoms with Gasteiger partial charge in [-0.3, -0.25) is 14.5 Å². The Bertz CT molecular complexity index is 896. The first-order chi connectivity index (χ1) is 13.6. The predicted octanol–water partition coefficient (Wildman–Crippen LogP) is 4.36. The Hall–Kier alpha value is -2.14. The second-order valence-corrected chi connectivity index (χ2v) is 9.09. The van der Waals surface area contributed by atoms with Crippen LogP contribution in [0.2, 0.25) is 0 Å². The van der Waals surface area contributed by atoms with E-state index in [4.69, 9.17) is 0 Å². The quantitative estimate of drug-likeness (QED) is 0.759. The Balaban J connectivity index is 1.29. The molecule has 0 atom stereocenters. The van der Waals surface area contributed by atoms with Crippen LogP contribution in [-0.2, 0) is 4.79 Å². The third kappa shape index (κ3) is 3.37. The first-order valence-corrected chi connectivity index (χ1v) is 10.8. The fourth-order valence-electron chi connectivity index (χ4n) is 5.20. The number of carbonyl (C=O) groups is 2. The van der Waals surface area contributed by atoms with E-state index in [2.05, 4.69) is 15.2 Å².